The number of aryl methyl sites for hydroxylation is 1. The van der Waals surface area contributed by atoms with Gasteiger partial charge in [0, 0.05) is 5.69 Å². The molecule has 17 heavy (non-hydrogen) atoms. The molecule has 0 atom stereocenters. The Labute approximate surface area is 98.0 Å². The molecule has 0 bridgehead atoms. The van der Waals surface area contributed by atoms with E-state index in [4.69, 9.17) is 15.9 Å². The number of pyridine rings is 1. The molecule has 2 rings (SSSR count). The van der Waals surface area contributed by atoms with Crippen LogP contribution in [0, 0.1) is 12.3 Å². The van der Waals surface area contributed by atoms with Crippen molar-refractivity contribution in [2.75, 3.05) is 0 Å². The fourth-order valence-corrected chi connectivity index (χ4v) is 1.14. The molecule has 0 aromatic carbocycles. The van der Waals surface area contributed by atoms with Gasteiger partial charge in [0.15, 0.2) is 0 Å². The number of amidine groups is 1. The van der Waals surface area contributed by atoms with E-state index in [1.165, 1.54) is 12.4 Å². The van der Waals surface area contributed by atoms with Crippen molar-refractivity contribution in [1.29, 1.82) is 5.41 Å². The maximum atomic E-state index is 7.18. The average molecular weight is 229 g/mol. The topological polar surface area (TPSA) is 97.8 Å². The van der Waals surface area contributed by atoms with Gasteiger partial charge in [-0.25, -0.2) is 9.97 Å². The van der Waals surface area contributed by atoms with Gasteiger partial charge in [-0.3, -0.25) is 10.4 Å². The lowest BCUT2D eigenvalue weighted by molar-refractivity contribution is 0.457. The van der Waals surface area contributed by atoms with Crippen LogP contribution in [0.5, 0.6) is 11.6 Å². The highest BCUT2D eigenvalue weighted by Crippen LogP contribution is 2.17. The zero-order chi connectivity index (χ0) is 12.3. The Bertz CT molecular complexity index is 521. The van der Waals surface area contributed by atoms with Crippen LogP contribution in [0.4, 0.5) is 0 Å². The van der Waals surface area contributed by atoms with Crippen molar-refractivity contribution in [1.82, 2.24) is 15.0 Å². The zero-order valence-electron chi connectivity index (χ0n) is 9.21. The normalized spacial score (nSPS) is 9.94. The predicted molar refractivity (Wildman–Crippen MR) is 62.1 cm³/mol. The summed E-state index contributed by atoms with van der Waals surface area (Å²) in [7, 11) is 0. The summed E-state index contributed by atoms with van der Waals surface area (Å²) in [6.45, 7) is 1.89. The van der Waals surface area contributed by atoms with Crippen molar-refractivity contribution in [2.24, 2.45) is 5.73 Å². The molecular formula is C11H11N5O. The third-order valence-corrected chi connectivity index (χ3v) is 2.01. The lowest BCUT2D eigenvalue weighted by Crippen LogP contribution is -2.13. The summed E-state index contributed by atoms with van der Waals surface area (Å²) < 4.78 is 5.42. The van der Waals surface area contributed by atoms with E-state index in [1.807, 2.05) is 13.0 Å². The first-order valence-corrected chi connectivity index (χ1v) is 4.92. The quantitative estimate of drug-likeness (QED) is 0.609. The van der Waals surface area contributed by atoms with Crippen LogP contribution in [0.1, 0.15) is 11.4 Å². The van der Waals surface area contributed by atoms with Gasteiger partial charge in [-0.15, -0.1) is 0 Å². The van der Waals surface area contributed by atoms with Gasteiger partial charge in [0.1, 0.15) is 17.3 Å². The van der Waals surface area contributed by atoms with Crippen molar-refractivity contribution >= 4 is 5.84 Å². The smallest absolute Gasteiger partial charge is 0.237 e. The van der Waals surface area contributed by atoms with Gasteiger partial charge in [-0.2, -0.15) is 0 Å². The lowest BCUT2D eigenvalue weighted by atomic mass is 10.4. The lowest BCUT2D eigenvalue weighted by Gasteiger charge is -2.04. The highest BCUT2D eigenvalue weighted by atomic mass is 16.5. The van der Waals surface area contributed by atoms with Gasteiger partial charge in [0.05, 0.1) is 18.6 Å². The van der Waals surface area contributed by atoms with Gasteiger partial charge in [-0.1, -0.05) is 0 Å². The molecule has 0 aliphatic rings. The minimum absolute atomic E-state index is 0.124. The van der Waals surface area contributed by atoms with E-state index in [2.05, 4.69) is 15.0 Å². The molecule has 0 saturated heterocycles. The second-order valence-electron chi connectivity index (χ2n) is 3.39. The molecule has 3 N–H and O–H groups in total. The molecular weight excluding hydrogens is 218 g/mol. The van der Waals surface area contributed by atoms with Gasteiger partial charge < -0.3 is 10.5 Å². The van der Waals surface area contributed by atoms with Crippen molar-refractivity contribution in [2.45, 2.75) is 6.92 Å². The molecule has 2 aromatic heterocycles. The molecule has 86 valence electrons. The van der Waals surface area contributed by atoms with E-state index in [1.54, 1.807) is 12.3 Å². The van der Waals surface area contributed by atoms with Crippen LogP contribution in [0.15, 0.2) is 30.7 Å². The molecule has 0 aliphatic heterocycles. The SMILES string of the molecule is Cc1ccc(Oc2cnc(C(=N)N)cn2)cn1. The summed E-state index contributed by atoms with van der Waals surface area (Å²) in [5.74, 6) is 0.794. The molecule has 0 radical (unpaired) electrons. The second kappa shape index (κ2) is 4.56. The third kappa shape index (κ3) is 2.75. The van der Waals surface area contributed by atoms with E-state index in [9.17, 15) is 0 Å². The van der Waals surface area contributed by atoms with E-state index in [-0.39, 0.29) is 5.84 Å². The number of nitrogen functional groups attached to an aromatic ring is 1. The summed E-state index contributed by atoms with van der Waals surface area (Å²) in [5.41, 5.74) is 6.49. The Morgan fingerprint density at radius 2 is 2.00 bits per heavy atom. The minimum atomic E-state index is -0.124. The van der Waals surface area contributed by atoms with Crippen LogP contribution in [-0.2, 0) is 0 Å². The first-order chi connectivity index (χ1) is 8.15. The van der Waals surface area contributed by atoms with Gasteiger partial charge >= 0.3 is 0 Å². The Morgan fingerprint density at radius 1 is 1.18 bits per heavy atom. The zero-order valence-corrected chi connectivity index (χ0v) is 9.21. The van der Waals surface area contributed by atoms with Crippen molar-refractivity contribution in [3.8, 4) is 11.6 Å². The maximum Gasteiger partial charge on any atom is 0.237 e. The Balaban J connectivity index is 2.13. The van der Waals surface area contributed by atoms with Crippen LogP contribution in [0.3, 0.4) is 0 Å². The highest BCUT2D eigenvalue weighted by molar-refractivity contribution is 5.92. The van der Waals surface area contributed by atoms with Crippen LogP contribution in [-0.4, -0.2) is 20.8 Å². The third-order valence-electron chi connectivity index (χ3n) is 2.01. The summed E-state index contributed by atoms with van der Waals surface area (Å²) in [5, 5.41) is 7.18. The van der Waals surface area contributed by atoms with Crippen molar-refractivity contribution in [3.63, 3.8) is 0 Å². The first-order valence-electron chi connectivity index (χ1n) is 4.92. The average Bonchev–Trinajstić information content (AvgIpc) is 2.33. The van der Waals surface area contributed by atoms with E-state index >= 15 is 0 Å². The first kappa shape index (κ1) is 11.0. The maximum absolute atomic E-state index is 7.18. The summed E-state index contributed by atoms with van der Waals surface area (Å²) in [6.07, 6.45) is 4.41. The molecule has 2 aromatic rings. The summed E-state index contributed by atoms with van der Waals surface area (Å²) in [4.78, 5) is 12.0. The number of aromatic nitrogens is 3. The van der Waals surface area contributed by atoms with E-state index in [0.29, 0.717) is 17.3 Å². The van der Waals surface area contributed by atoms with Crippen molar-refractivity contribution < 1.29 is 4.74 Å². The van der Waals surface area contributed by atoms with E-state index < -0.39 is 0 Å². The second-order valence-corrected chi connectivity index (χ2v) is 3.39. The number of rotatable bonds is 3. The highest BCUT2D eigenvalue weighted by Gasteiger charge is 2.02. The minimum Gasteiger partial charge on any atom is -0.436 e. The molecule has 0 aliphatic carbocycles. The monoisotopic (exact) mass is 229 g/mol. The standard InChI is InChI=1S/C11H11N5O/c1-7-2-3-8(4-14-7)17-10-6-15-9(5-16-10)11(12)13/h2-6H,1H3,(H3,12,13). The molecule has 0 fully saturated rings. The van der Waals surface area contributed by atoms with Gasteiger partial charge in [-0.05, 0) is 19.1 Å². The number of ether oxygens (including phenoxy) is 1. The number of nitrogens with zero attached hydrogens (tertiary/aromatic N) is 3. The fourth-order valence-electron chi connectivity index (χ4n) is 1.14. The Kier molecular flexibility index (Phi) is 2.95. The molecule has 6 heteroatoms. The molecule has 0 unspecified atom stereocenters. The van der Waals surface area contributed by atoms with Crippen LogP contribution < -0.4 is 10.5 Å². The van der Waals surface area contributed by atoms with Crippen LogP contribution in [0.2, 0.25) is 0 Å². The van der Waals surface area contributed by atoms with Crippen LogP contribution >= 0.6 is 0 Å². The number of nitrogens with two attached hydrogens (primary N) is 1. The Hall–Kier alpha value is -2.50. The Morgan fingerprint density at radius 3 is 2.53 bits per heavy atom. The van der Waals surface area contributed by atoms with Gasteiger partial charge in [0.2, 0.25) is 5.88 Å². The van der Waals surface area contributed by atoms with Crippen LogP contribution in [0.25, 0.3) is 0 Å². The molecule has 0 amide bonds. The molecule has 0 saturated carbocycles. The van der Waals surface area contributed by atoms with E-state index in [0.717, 1.165) is 5.69 Å². The number of nitrogens with one attached hydrogen (secondary N) is 1. The summed E-state index contributed by atoms with van der Waals surface area (Å²) >= 11 is 0. The van der Waals surface area contributed by atoms with Gasteiger partial charge in [0.25, 0.3) is 0 Å². The summed E-state index contributed by atoms with van der Waals surface area (Å²) in [6, 6.07) is 3.63. The molecule has 2 heterocycles. The largest absolute Gasteiger partial charge is 0.436 e. The number of hydrogen-bond acceptors (Lipinski definition) is 5. The predicted octanol–water partition coefficient (Wildman–Crippen LogP) is 1.26. The number of hydrogen-bond donors (Lipinski definition) is 2. The van der Waals surface area contributed by atoms with Crippen molar-refractivity contribution in [3.05, 3.63) is 42.1 Å². The molecule has 0 spiro atoms. The molecule has 6 nitrogen and oxygen atoms in total. The fraction of sp³-hybridized carbons (Fsp3) is 0.0909.